The van der Waals surface area contributed by atoms with Crippen molar-refractivity contribution < 1.29 is 9.53 Å². The highest BCUT2D eigenvalue weighted by Gasteiger charge is 2.36. The minimum atomic E-state index is -0.556. The van der Waals surface area contributed by atoms with Crippen LogP contribution in [0, 0.1) is 11.3 Å². The minimum Gasteiger partial charge on any atom is -0.463 e. The number of allylic oxidation sites excluding steroid dienone is 2. The quantitative estimate of drug-likeness (QED) is 0.594. The summed E-state index contributed by atoms with van der Waals surface area (Å²) in [6.45, 7) is 3.86. The Balaban J connectivity index is 2.05. The predicted octanol–water partition coefficient (Wildman–Crippen LogP) is 3.57. The first-order valence-electron chi connectivity index (χ1n) is 8.87. The Hall–Kier alpha value is -3.11. The zero-order valence-electron chi connectivity index (χ0n) is 15.7. The Kier molecular flexibility index (Phi) is 6.45. The van der Waals surface area contributed by atoms with Gasteiger partial charge in [-0.15, -0.1) is 11.8 Å². The Morgan fingerprint density at radius 3 is 2.71 bits per heavy atom. The maximum atomic E-state index is 12.9. The number of carbonyl (C=O) groups is 1. The second kappa shape index (κ2) is 9.20. The van der Waals surface area contributed by atoms with Crippen molar-refractivity contribution in [2.75, 3.05) is 12.4 Å². The van der Waals surface area contributed by atoms with Gasteiger partial charge in [0.25, 0.3) is 0 Å². The lowest BCUT2D eigenvalue weighted by atomic mass is 9.83. The van der Waals surface area contributed by atoms with Crippen molar-refractivity contribution in [3.8, 4) is 6.07 Å². The molecule has 1 unspecified atom stereocenters. The van der Waals surface area contributed by atoms with E-state index in [1.807, 2.05) is 31.2 Å². The van der Waals surface area contributed by atoms with Crippen LogP contribution in [-0.4, -0.2) is 28.3 Å². The number of pyridine rings is 2. The molecule has 0 bridgehead atoms. The van der Waals surface area contributed by atoms with Crippen molar-refractivity contribution in [2.24, 2.45) is 0 Å². The van der Waals surface area contributed by atoms with Gasteiger partial charge in [-0.2, -0.15) is 5.26 Å². The highest BCUT2D eigenvalue weighted by atomic mass is 32.2. The molecule has 0 fully saturated rings. The summed E-state index contributed by atoms with van der Waals surface area (Å²) < 4.78 is 5.33. The van der Waals surface area contributed by atoms with E-state index >= 15 is 0 Å². The van der Waals surface area contributed by atoms with E-state index in [-0.39, 0.29) is 6.61 Å². The number of nitriles is 1. The molecule has 1 aliphatic rings. The van der Waals surface area contributed by atoms with Crippen molar-refractivity contribution in [1.29, 1.82) is 5.26 Å². The summed E-state index contributed by atoms with van der Waals surface area (Å²) in [4.78, 5) is 22.3. The molecule has 6 nitrogen and oxygen atoms in total. The van der Waals surface area contributed by atoms with Crippen molar-refractivity contribution in [3.05, 3.63) is 77.2 Å². The van der Waals surface area contributed by atoms with Gasteiger partial charge in [0.05, 0.1) is 35.4 Å². The predicted molar refractivity (Wildman–Crippen MR) is 107 cm³/mol. The normalized spacial score (nSPS) is 16.4. The molecule has 0 saturated carbocycles. The standard InChI is InChI=1S/C21H20N4O2S/c1-3-27-21(26)20-18(13-28-15-7-10-23-11-8-15)25-14(2)16(12-22)19(20)17-6-4-5-9-24-17/h4-11,19,25H,3,13H2,1-2H3. The smallest absolute Gasteiger partial charge is 0.336 e. The fraction of sp³-hybridized carbons (Fsp3) is 0.238. The largest absolute Gasteiger partial charge is 0.463 e. The molecule has 0 aromatic carbocycles. The van der Waals surface area contributed by atoms with Gasteiger partial charge in [-0.05, 0) is 38.1 Å². The molecular weight excluding hydrogens is 372 g/mol. The first-order chi connectivity index (χ1) is 13.7. The number of nitrogens with one attached hydrogen (secondary N) is 1. The third-order valence-corrected chi connectivity index (χ3v) is 5.32. The molecule has 0 amide bonds. The molecule has 2 aromatic rings. The van der Waals surface area contributed by atoms with Gasteiger partial charge >= 0.3 is 5.97 Å². The zero-order valence-corrected chi connectivity index (χ0v) is 16.5. The van der Waals surface area contributed by atoms with E-state index in [4.69, 9.17) is 4.74 Å². The maximum Gasteiger partial charge on any atom is 0.336 e. The van der Waals surface area contributed by atoms with Crippen LogP contribution in [0.4, 0.5) is 0 Å². The average Bonchev–Trinajstić information content (AvgIpc) is 2.73. The summed E-state index contributed by atoms with van der Waals surface area (Å²) in [5, 5.41) is 13.0. The second-order valence-electron chi connectivity index (χ2n) is 6.05. The molecular formula is C21H20N4O2S. The molecule has 0 saturated heterocycles. The van der Waals surface area contributed by atoms with Gasteiger partial charge in [-0.25, -0.2) is 4.79 Å². The topological polar surface area (TPSA) is 87.9 Å². The van der Waals surface area contributed by atoms with Crippen LogP contribution in [0.25, 0.3) is 0 Å². The van der Waals surface area contributed by atoms with Crippen LogP contribution in [0.15, 0.2) is 76.4 Å². The summed E-state index contributed by atoms with van der Waals surface area (Å²) in [6, 6.07) is 11.6. The highest BCUT2D eigenvalue weighted by Crippen LogP contribution is 2.38. The molecule has 3 heterocycles. The van der Waals surface area contributed by atoms with Crippen LogP contribution >= 0.6 is 11.8 Å². The second-order valence-corrected chi connectivity index (χ2v) is 7.10. The number of dihydropyridines is 1. The van der Waals surface area contributed by atoms with Gasteiger partial charge in [-0.1, -0.05) is 6.07 Å². The van der Waals surface area contributed by atoms with E-state index in [0.29, 0.717) is 22.6 Å². The van der Waals surface area contributed by atoms with E-state index in [2.05, 4.69) is 21.4 Å². The summed E-state index contributed by atoms with van der Waals surface area (Å²) in [5.41, 5.74) is 3.00. The highest BCUT2D eigenvalue weighted by molar-refractivity contribution is 7.99. The monoisotopic (exact) mass is 392 g/mol. The summed E-state index contributed by atoms with van der Waals surface area (Å²) in [6.07, 6.45) is 5.12. The number of aromatic nitrogens is 2. The SMILES string of the molecule is CCOC(=O)C1=C(CSc2ccncc2)NC(C)=C(C#N)C1c1ccccn1. The van der Waals surface area contributed by atoms with Crippen LogP contribution in [0.1, 0.15) is 25.5 Å². The number of hydrogen-bond acceptors (Lipinski definition) is 7. The fourth-order valence-electron chi connectivity index (χ4n) is 3.04. The Morgan fingerprint density at radius 2 is 2.07 bits per heavy atom. The van der Waals surface area contributed by atoms with E-state index in [1.165, 1.54) is 0 Å². The zero-order chi connectivity index (χ0) is 19.9. The lowest BCUT2D eigenvalue weighted by Gasteiger charge is -2.29. The number of thioether (sulfide) groups is 1. The first-order valence-corrected chi connectivity index (χ1v) is 9.86. The van der Waals surface area contributed by atoms with E-state index in [9.17, 15) is 10.1 Å². The Labute approximate surface area is 168 Å². The molecule has 142 valence electrons. The third-order valence-electron chi connectivity index (χ3n) is 4.28. The number of ether oxygens (including phenoxy) is 1. The van der Waals surface area contributed by atoms with Gasteiger partial charge in [0.1, 0.15) is 0 Å². The first kappa shape index (κ1) is 19.6. The average molecular weight is 392 g/mol. The summed E-state index contributed by atoms with van der Waals surface area (Å²) in [5.74, 6) is -0.465. The van der Waals surface area contributed by atoms with Crippen molar-refractivity contribution >= 4 is 17.7 Å². The third kappa shape index (κ3) is 4.24. The number of nitrogens with zero attached hydrogens (tertiary/aromatic N) is 3. The number of hydrogen-bond donors (Lipinski definition) is 1. The summed E-state index contributed by atoms with van der Waals surface area (Å²) in [7, 11) is 0. The number of rotatable bonds is 6. The lowest BCUT2D eigenvalue weighted by Crippen LogP contribution is -2.31. The molecule has 0 aliphatic carbocycles. The number of carbonyl (C=O) groups excluding carboxylic acids is 1. The minimum absolute atomic E-state index is 0.257. The van der Waals surface area contributed by atoms with Gasteiger partial charge in [0.2, 0.25) is 0 Å². The van der Waals surface area contributed by atoms with Crippen LogP contribution in [0.2, 0.25) is 0 Å². The molecule has 1 atom stereocenters. The molecule has 1 N–H and O–H groups in total. The van der Waals surface area contributed by atoms with Gasteiger partial charge < -0.3 is 10.1 Å². The molecule has 1 aliphatic heterocycles. The van der Waals surface area contributed by atoms with Crippen LogP contribution < -0.4 is 5.32 Å². The van der Waals surface area contributed by atoms with Gasteiger partial charge in [-0.3, -0.25) is 9.97 Å². The molecule has 0 radical (unpaired) electrons. The Bertz CT molecular complexity index is 949. The van der Waals surface area contributed by atoms with Gasteiger partial charge in [0.15, 0.2) is 0 Å². The van der Waals surface area contributed by atoms with Crippen molar-refractivity contribution in [2.45, 2.75) is 24.7 Å². The van der Waals surface area contributed by atoms with Crippen LogP contribution in [0.3, 0.4) is 0 Å². The molecule has 0 spiro atoms. The van der Waals surface area contributed by atoms with Crippen molar-refractivity contribution in [3.63, 3.8) is 0 Å². The molecule has 7 heteroatoms. The number of esters is 1. The molecule has 2 aromatic heterocycles. The molecule has 28 heavy (non-hydrogen) atoms. The van der Waals surface area contributed by atoms with E-state index in [1.54, 1.807) is 43.3 Å². The Morgan fingerprint density at radius 1 is 1.29 bits per heavy atom. The fourth-order valence-corrected chi connectivity index (χ4v) is 3.89. The summed E-state index contributed by atoms with van der Waals surface area (Å²) >= 11 is 1.58. The van der Waals surface area contributed by atoms with Crippen LogP contribution in [-0.2, 0) is 9.53 Å². The van der Waals surface area contributed by atoms with Crippen LogP contribution in [0.5, 0.6) is 0 Å². The van der Waals surface area contributed by atoms with Crippen molar-refractivity contribution in [1.82, 2.24) is 15.3 Å². The van der Waals surface area contributed by atoms with E-state index < -0.39 is 11.9 Å². The maximum absolute atomic E-state index is 12.9. The van der Waals surface area contributed by atoms with E-state index in [0.717, 1.165) is 16.3 Å². The van der Waals surface area contributed by atoms with Gasteiger partial charge in [0, 0.05) is 40.6 Å². The molecule has 3 rings (SSSR count). The lowest BCUT2D eigenvalue weighted by molar-refractivity contribution is -0.138.